The summed E-state index contributed by atoms with van der Waals surface area (Å²) < 4.78 is 4.85. The molecule has 2 heterocycles. The van der Waals surface area contributed by atoms with Gasteiger partial charge in [0.15, 0.2) is 6.29 Å². The average Bonchev–Trinajstić information content (AvgIpc) is 2.26. The second kappa shape index (κ2) is 3.79. The third kappa shape index (κ3) is 1.48. The third-order valence-electron chi connectivity index (χ3n) is 2.71. The van der Waals surface area contributed by atoms with Crippen molar-refractivity contribution in [3.05, 3.63) is 11.3 Å². The van der Waals surface area contributed by atoms with Crippen LogP contribution >= 0.6 is 11.8 Å². The van der Waals surface area contributed by atoms with Gasteiger partial charge in [-0.3, -0.25) is 9.69 Å². The summed E-state index contributed by atoms with van der Waals surface area (Å²) in [6.45, 7) is 1.89. The summed E-state index contributed by atoms with van der Waals surface area (Å²) in [6.07, 6.45) is -1.04. The maximum atomic E-state index is 11.6. The van der Waals surface area contributed by atoms with Gasteiger partial charge in [-0.2, -0.15) is 0 Å². The Morgan fingerprint density at radius 2 is 2.40 bits per heavy atom. The van der Waals surface area contributed by atoms with Gasteiger partial charge in [0, 0.05) is 12.9 Å². The summed E-state index contributed by atoms with van der Waals surface area (Å²) >= 11 is 1.62. The molecule has 1 amide bonds. The lowest BCUT2D eigenvalue weighted by Gasteiger charge is -2.49. The smallest absolute Gasteiger partial charge is 0.247 e. The Hall–Kier alpha value is -0.560. The van der Waals surface area contributed by atoms with Crippen molar-refractivity contribution in [1.82, 2.24) is 4.90 Å². The Labute approximate surface area is 92.2 Å². The van der Waals surface area contributed by atoms with E-state index < -0.39 is 12.3 Å². The van der Waals surface area contributed by atoms with Crippen molar-refractivity contribution in [2.45, 2.75) is 24.6 Å². The number of carbonyl (C=O) groups is 1. The number of fused-ring (bicyclic) bond motifs is 1. The van der Waals surface area contributed by atoms with E-state index in [9.17, 15) is 9.90 Å². The molecular formula is C9H14N2O3S. The second-order valence-electron chi connectivity index (χ2n) is 3.69. The van der Waals surface area contributed by atoms with Crippen LogP contribution in [0.25, 0.3) is 0 Å². The first-order chi connectivity index (χ1) is 7.07. The SMILES string of the molecule is COC(O)C1=C(C)CSC2C(N)C(=O)N12. The molecule has 3 unspecified atom stereocenters. The number of aliphatic hydroxyl groups is 1. The zero-order valence-electron chi connectivity index (χ0n) is 8.64. The van der Waals surface area contributed by atoms with E-state index in [0.29, 0.717) is 5.70 Å². The second-order valence-corrected chi connectivity index (χ2v) is 4.79. The molecule has 3 atom stereocenters. The van der Waals surface area contributed by atoms with Crippen molar-refractivity contribution in [3.8, 4) is 0 Å². The third-order valence-corrected chi connectivity index (χ3v) is 4.15. The van der Waals surface area contributed by atoms with Crippen molar-refractivity contribution in [3.63, 3.8) is 0 Å². The number of hydrogen-bond acceptors (Lipinski definition) is 5. The van der Waals surface area contributed by atoms with Crippen LogP contribution in [0.3, 0.4) is 0 Å². The number of hydrogen-bond donors (Lipinski definition) is 2. The van der Waals surface area contributed by atoms with Gasteiger partial charge in [-0.25, -0.2) is 0 Å². The van der Waals surface area contributed by atoms with E-state index >= 15 is 0 Å². The van der Waals surface area contributed by atoms with Gasteiger partial charge in [0.2, 0.25) is 5.91 Å². The Balaban J connectivity index is 2.29. The fraction of sp³-hybridized carbons (Fsp3) is 0.667. The predicted octanol–water partition coefficient (Wildman–Crippen LogP) is -0.532. The number of nitrogens with zero attached hydrogens (tertiary/aromatic N) is 1. The Kier molecular flexibility index (Phi) is 2.76. The molecule has 3 N–H and O–H groups in total. The molecule has 0 radical (unpaired) electrons. The molecule has 0 aromatic rings. The van der Waals surface area contributed by atoms with Gasteiger partial charge in [-0.1, -0.05) is 0 Å². The average molecular weight is 230 g/mol. The fourth-order valence-electron chi connectivity index (χ4n) is 1.85. The number of carbonyl (C=O) groups excluding carboxylic acids is 1. The van der Waals surface area contributed by atoms with E-state index in [1.807, 2.05) is 6.92 Å². The summed E-state index contributed by atoms with van der Waals surface area (Å²) in [4.78, 5) is 13.1. The van der Waals surface area contributed by atoms with Crippen molar-refractivity contribution >= 4 is 17.7 Å². The Morgan fingerprint density at radius 3 is 3.00 bits per heavy atom. The molecule has 1 fully saturated rings. The zero-order valence-corrected chi connectivity index (χ0v) is 9.45. The van der Waals surface area contributed by atoms with E-state index in [1.54, 1.807) is 16.7 Å². The molecule has 0 spiro atoms. The lowest BCUT2D eigenvalue weighted by atomic mass is 10.0. The summed E-state index contributed by atoms with van der Waals surface area (Å²) in [5.41, 5.74) is 7.20. The molecule has 5 nitrogen and oxygen atoms in total. The number of thioether (sulfide) groups is 1. The maximum Gasteiger partial charge on any atom is 0.247 e. The molecule has 0 saturated carbocycles. The van der Waals surface area contributed by atoms with Crippen LogP contribution in [0, 0.1) is 0 Å². The summed E-state index contributed by atoms with van der Waals surface area (Å²) in [5, 5.41) is 9.61. The first-order valence-corrected chi connectivity index (χ1v) is 5.73. The van der Waals surface area contributed by atoms with Crippen LogP contribution in [0.5, 0.6) is 0 Å². The van der Waals surface area contributed by atoms with Gasteiger partial charge in [-0.15, -0.1) is 11.8 Å². The molecule has 0 aromatic carbocycles. The van der Waals surface area contributed by atoms with Crippen LogP contribution in [-0.2, 0) is 9.53 Å². The van der Waals surface area contributed by atoms with Gasteiger partial charge >= 0.3 is 0 Å². The number of aliphatic hydroxyl groups excluding tert-OH is 1. The highest BCUT2D eigenvalue weighted by Gasteiger charge is 2.50. The highest BCUT2D eigenvalue weighted by Crippen LogP contribution is 2.40. The van der Waals surface area contributed by atoms with E-state index in [0.717, 1.165) is 11.3 Å². The molecule has 84 valence electrons. The number of rotatable bonds is 2. The highest BCUT2D eigenvalue weighted by atomic mass is 32.2. The van der Waals surface area contributed by atoms with E-state index in [4.69, 9.17) is 10.5 Å². The molecule has 15 heavy (non-hydrogen) atoms. The van der Waals surface area contributed by atoms with Crippen LogP contribution < -0.4 is 5.73 Å². The first kappa shape index (κ1) is 10.9. The van der Waals surface area contributed by atoms with Crippen molar-refractivity contribution < 1.29 is 14.6 Å². The molecule has 6 heteroatoms. The van der Waals surface area contributed by atoms with Crippen LogP contribution in [0.4, 0.5) is 0 Å². The topological polar surface area (TPSA) is 75.8 Å². The highest BCUT2D eigenvalue weighted by molar-refractivity contribution is 8.00. The molecule has 0 aromatic heterocycles. The largest absolute Gasteiger partial charge is 0.363 e. The predicted molar refractivity (Wildman–Crippen MR) is 56.8 cm³/mol. The Bertz CT molecular complexity index is 331. The minimum Gasteiger partial charge on any atom is -0.363 e. The Morgan fingerprint density at radius 1 is 1.73 bits per heavy atom. The number of β-lactam (4-membered cyclic amide) rings is 1. The quantitative estimate of drug-likeness (QED) is 0.492. The minimum absolute atomic E-state index is 0.0407. The molecule has 1 saturated heterocycles. The van der Waals surface area contributed by atoms with Crippen LogP contribution in [0.1, 0.15) is 6.92 Å². The van der Waals surface area contributed by atoms with Crippen LogP contribution in [0.15, 0.2) is 11.3 Å². The molecular weight excluding hydrogens is 216 g/mol. The summed E-state index contributed by atoms with van der Waals surface area (Å²) in [6, 6.07) is -0.442. The summed E-state index contributed by atoms with van der Waals surface area (Å²) in [5.74, 6) is 0.635. The summed E-state index contributed by atoms with van der Waals surface area (Å²) in [7, 11) is 1.41. The number of methoxy groups -OCH3 is 1. The van der Waals surface area contributed by atoms with Gasteiger partial charge in [-0.05, 0) is 12.5 Å². The zero-order chi connectivity index (χ0) is 11.2. The molecule has 2 aliphatic rings. The fourth-order valence-corrected chi connectivity index (χ4v) is 3.11. The lowest BCUT2D eigenvalue weighted by Crippen LogP contribution is -2.68. The number of ether oxygens (including phenoxy) is 1. The first-order valence-electron chi connectivity index (χ1n) is 4.68. The van der Waals surface area contributed by atoms with Gasteiger partial charge in [0.05, 0.1) is 5.70 Å². The molecule has 0 aliphatic carbocycles. The van der Waals surface area contributed by atoms with E-state index in [-0.39, 0.29) is 11.3 Å². The number of amides is 1. The monoisotopic (exact) mass is 230 g/mol. The molecule has 2 rings (SSSR count). The van der Waals surface area contributed by atoms with Gasteiger partial charge in [0.1, 0.15) is 11.4 Å². The van der Waals surface area contributed by atoms with E-state index in [1.165, 1.54) is 7.11 Å². The van der Waals surface area contributed by atoms with Crippen molar-refractivity contribution in [1.29, 1.82) is 0 Å². The maximum absolute atomic E-state index is 11.6. The van der Waals surface area contributed by atoms with Crippen molar-refractivity contribution in [2.24, 2.45) is 5.73 Å². The van der Waals surface area contributed by atoms with Crippen LogP contribution in [0.2, 0.25) is 0 Å². The molecule has 0 bridgehead atoms. The molecule has 2 aliphatic heterocycles. The van der Waals surface area contributed by atoms with Crippen LogP contribution in [-0.4, -0.2) is 46.5 Å². The minimum atomic E-state index is -1.04. The standard InChI is InChI=1S/C9H14N2O3S/c1-4-3-15-8-5(10)7(12)11(8)6(4)9(13)14-2/h5,8-9,13H,3,10H2,1-2H3. The number of nitrogens with two attached hydrogens (primary N) is 1. The lowest BCUT2D eigenvalue weighted by molar-refractivity contribution is -0.147. The van der Waals surface area contributed by atoms with Gasteiger partial charge in [0.25, 0.3) is 0 Å². The van der Waals surface area contributed by atoms with E-state index in [2.05, 4.69) is 0 Å². The normalized spacial score (nSPS) is 32.5. The van der Waals surface area contributed by atoms with Crippen molar-refractivity contribution in [2.75, 3.05) is 12.9 Å². The van der Waals surface area contributed by atoms with Gasteiger partial charge < -0.3 is 15.6 Å².